The van der Waals surface area contributed by atoms with Gasteiger partial charge in [-0.3, -0.25) is 14.3 Å². The van der Waals surface area contributed by atoms with Gasteiger partial charge in [-0.15, -0.1) is 0 Å². The maximum Gasteiger partial charge on any atom is 0.328 e. The minimum absolute atomic E-state index is 0.359. The van der Waals surface area contributed by atoms with Crippen molar-refractivity contribution in [2.75, 3.05) is 6.54 Å². The highest BCUT2D eigenvalue weighted by atomic mass is 19.1. The van der Waals surface area contributed by atoms with E-state index < -0.39 is 17.1 Å². The van der Waals surface area contributed by atoms with Crippen molar-refractivity contribution in [2.45, 2.75) is 45.2 Å². The number of aromatic nitrogens is 2. The molecule has 2 unspecified atom stereocenters. The molecule has 5 nitrogen and oxygen atoms in total. The molecule has 1 aliphatic carbocycles. The molecule has 1 aliphatic rings. The number of rotatable bonds is 4. The summed E-state index contributed by atoms with van der Waals surface area (Å²) in [5.41, 5.74) is -1.53. The summed E-state index contributed by atoms with van der Waals surface area (Å²) in [5.74, 6) is -0.189. The monoisotopic (exact) mass is 269 g/mol. The molecule has 1 heterocycles. The first-order valence-electron chi connectivity index (χ1n) is 6.79. The number of nitrogens with one attached hydrogen (secondary N) is 2. The SMILES string of the molecule is CC1CCCC(NCCn2cc(F)c(=O)[nH]c2=O)C1. The summed E-state index contributed by atoms with van der Waals surface area (Å²) in [4.78, 5) is 24.3. The lowest BCUT2D eigenvalue weighted by molar-refractivity contribution is 0.298. The summed E-state index contributed by atoms with van der Waals surface area (Å²) >= 11 is 0. The van der Waals surface area contributed by atoms with Crippen LogP contribution in [0.2, 0.25) is 0 Å². The molecule has 1 aromatic rings. The summed E-state index contributed by atoms with van der Waals surface area (Å²) in [5, 5.41) is 3.39. The first-order chi connectivity index (χ1) is 9.06. The van der Waals surface area contributed by atoms with Crippen molar-refractivity contribution in [3.8, 4) is 0 Å². The van der Waals surface area contributed by atoms with E-state index in [0.29, 0.717) is 19.1 Å². The third-order valence-corrected chi connectivity index (χ3v) is 3.69. The Balaban J connectivity index is 1.87. The number of hydrogen-bond donors (Lipinski definition) is 2. The third-order valence-electron chi connectivity index (χ3n) is 3.69. The maximum absolute atomic E-state index is 13.1. The van der Waals surface area contributed by atoms with Gasteiger partial charge < -0.3 is 5.32 Å². The molecule has 106 valence electrons. The lowest BCUT2D eigenvalue weighted by Crippen LogP contribution is -2.38. The van der Waals surface area contributed by atoms with Crippen LogP contribution >= 0.6 is 0 Å². The fourth-order valence-corrected chi connectivity index (χ4v) is 2.66. The Kier molecular flexibility index (Phi) is 4.52. The molecule has 0 saturated heterocycles. The van der Waals surface area contributed by atoms with E-state index in [1.165, 1.54) is 17.4 Å². The molecular weight excluding hydrogens is 249 g/mol. The highest BCUT2D eigenvalue weighted by molar-refractivity contribution is 4.87. The van der Waals surface area contributed by atoms with E-state index in [-0.39, 0.29) is 0 Å². The van der Waals surface area contributed by atoms with Gasteiger partial charge in [-0.1, -0.05) is 19.8 Å². The number of H-pyrrole nitrogens is 1. The third kappa shape index (κ3) is 3.76. The molecule has 2 atom stereocenters. The van der Waals surface area contributed by atoms with Crippen LogP contribution in [0.3, 0.4) is 0 Å². The molecule has 1 fully saturated rings. The van der Waals surface area contributed by atoms with Crippen molar-refractivity contribution in [3.63, 3.8) is 0 Å². The van der Waals surface area contributed by atoms with Gasteiger partial charge in [-0.25, -0.2) is 4.79 Å². The van der Waals surface area contributed by atoms with E-state index in [9.17, 15) is 14.0 Å². The average molecular weight is 269 g/mol. The van der Waals surface area contributed by atoms with E-state index in [1.807, 2.05) is 4.98 Å². The number of aromatic amines is 1. The molecule has 2 rings (SSSR count). The summed E-state index contributed by atoms with van der Waals surface area (Å²) in [6, 6.07) is 0.479. The van der Waals surface area contributed by atoms with Gasteiger partial charge >= 0.3 is 5.69 Å². The molecule has 0 aliphatic heterocycles. The topological polar surface area (TPSA) is 66.9 Å². The molecule has 1 aromatic heterocycles. The molecule has 6 heteroatoms. The second-order valence-corrected chi connectivity index (χ2v) is 5.35. The van der Waals surface area contributed by atoms with Gasteiger partial charge in [0.2, 0.25) is 5.82 Å². The molecule has 2 N–H and O–H groups in total. The van der Waals surface area contributed by atoms with Gasteiger partial charge in [0.25, 0.3) is 5.56 Å². The molecule has 0 spiro atoms. The molecule has 0 bridgehead atoms. The Morgan fingerprint density at radius 1 is 1.47 bits per heavy atom. The first kappa shape index (κ1) is 14.0. The lowest BCUT2D eigenvalue weighted by Gasteiger charge is -2.27. The van der Waals surface area contributed by atoms with Crippen LogP contribution in [0.4, 0.5) is 4.39 Å². The summed E-state index contributed by atoms with van der Waals surface area (Å²) < 4.78 is 14.3. The summed E-state index contributed by atoms with van der Waals surface area (Å²) in [7, 11) is 0. The fraction of sp³-hybridized carbons (Fsp3) is 0.692. The molecular formula is C13H20FN3O2. The van der Waals surface area contributed by atoms with Crippen LogP contribution in [0.5, 0.6) is 0 Å². The number of nitrogens with zero attached hydrogens (tertiary/aromatic N) is 1. The van der Waals surface area contributed by atoms with Crippen molar-refractivity contribution < 1.29 is 4.39 Å². The van der Waals surface area contributed by atoms with Crippen LogP contribution < -0.4 is 16.6 Å². The second-order valence-electron chi connectivity index (χ2n) is 5.35. The summed E-state index contributed by atoms with van der Waals surface area (Å²) in [6.45, 7) is 3.20. The van der Waals surface area contributed by atoms with Crippen LogP contribution in [0.15, 0.2) is 15.8 Å². The Hall–Kier alpha value is -1.43. The largest absolute Gasteiger partial charge is 0.328 e. The Bertz CT molecular complexity index is 537. The first-order valence-corrected chi connectivity index (χ1v) is 6.79. The van der Waals surface area contributed by atoms with Gasteiger partial charge in [0.15, 0.2) is 0 Å². The zero-order valence-electron chi connectivity index (χ0n) is 11.1. The van der Waals surface area contributed by atoms with Crippen LogP contribution in [0, 0.1) is 11.7 Å². The maximum atomic E-state index is 13.1. The van der Waals surface area contributed by atoms with Gasteiger partial charge in [0.1, 0.15) is 0 Å². The predicted octanol–water partition coefficient (Wildman–Crippen LogP) is 0.844. The number of hydrogen-bond acceptors (Lipinski definition) is 3. The second kappa shape index (κ2) is 6.14. The van der Waals surface area contributed by atoms with Gasteiger partial charge in [-0.2, -0.15) is 4.39 Å². The van der Waals surface area contributed by atoms with Crippen LogP contribution in [0.25, 0.3) is 0 Å². The van der Waals surface area contributed by atoms with Crippen molar-refractivity contribution in [2.24, 2.45) is 5.92 Å². The van der Waals surface area contributed by atoms with Crippen molar-refractivity contribution in [1.82, 2.24) is 14.9 Å². The smallest absolute Gasteiger partial charge is 0.312 e. The van der Waals surface area contributed by atoms with Crippen LogP contribution in [-0.4, -0.2) is 22.1 Å². The van der Waals surface area contributed by atoms with E-state index in [1.54, 1.807) is 0 Å². The van der Waals surface area contributed by atoms with E-state index in [2.05, 4.69) is 12.2 Å². The minimum atomic E-state index is -0.963. The Morgan fingerprint density at radius 3 is 3.00 bits per heavy atom. The van der Waals surface area contributed by atoms with Gasteiger partial charge in [0.05, 0.1) is 6.20 Å². The Morgan fingerprint density at radius 2 is 2.26 bits per heavy atom. The average Bonchev–Trinajstić information content (AvgIpc) is 2.35. The minimum Gasteiger partial charge on any atom is -0.312 e. The molecule has 19 heavy (non-hydrogen) atoms. The zero-order chi connectivity index (χ0) is 13.8. The molecule has 0 amide bonds. The highest BCUT2D eigenvalue weighted by Gasteiger charge is 2.17. The molecule has 1 saturated carbocycles. The van der Waals surface area contributed by atoms with E-state index >= 15 is 0 Å². The summed E-state index contributed by atoms with van der Waals surface area (Å²) in [6.07, 6.45) is 5.77. The zero-order valence-corrected chi connectivity index (χ0v) is 11.1. The number of halogens is 1. The Labute approximate surface area is 110 Å². The lowest BCUT2D eigenvalue weighted by atomic mass is 9.87. The predicted molar refractivity (Wildman–Crippen MR) is 70.7 cm³/mol. The van der Waals surface area contributed by atoms with Gasteiger partial charge in [-0.05, 0) is 18.8 Å². The normalized spacial score (nSPS) is 23.5. The quantitative estimate of drug-likeness (QED) is 0.851. The standard InChI is InChI=1S/C13H20FN3O2/c1-9-3-2-4-10(7-9)15-5-6-17-8-11(14)12(18)16-13(17)19/h8-10,15H,2-7H2,1H3,(H,16,18,19). The van der Waals surface area contributed by atoms with Gasteiger partial charge in [0, 0.05) is 19.1 Å². The molecule has 0 radical (unpaired) electrons. The van der Waals surface area contributed by atoms with Crippen LogP contribution in [0.1, 0.15) is 32.6 Å². The van der Waals surface area contributed by atoms with Crippen molar-refractivity contribution in [1.29, 1.82) is 0 Å². The fourth-order valence-electron chi connectivity index (χ4n) is 2.66. The van der Waals surface area contributed by atoms with Crippen molar-refractivity contribution >= 4 is 0 Å². The van der Waals surface area contributed by atoms with Crippen LogP contribution in [-0.2, 0) is 6.54 Å². The van der Waals surface area contributed by atoms with Crippen molar-refractivity contribution in [3.05, 3.63) is 32.9 Å². The van der Waals surface area contributed by atoms with E-state index in [0.717, 1.165) is 25.0 Å². The molecule has 0 aromatic carbocycles. The highest BCUT2D eigenvalue weighted by Crippen LogP contribution is 2.23. The van der Waals surface area contributed by atoms with E-state index in [4.69, 9.17) is 0 Å².